The maximum absolute atomic E-state index is 11.4. The van der Waals surface area contributed by atoms with Crippen molar-refractivity contribution < 1.29 is 9.53 Å². The van der Waals surface area contributed by atoms with Gasteiger partial charge in [0.25, 0.3) is 0 Å². The maximum Gasteiger partial charge on any atom is 0.337 e. The molecule has 3 N–H and O–H groups in total. The maximum atomic E-state index is 11.4. The van der Waals surface area contributed by atoms with E-state index in [1.54, 1.807) is 18.2 Å². The Kier molecular flexibility index (Phi) is 4.83. The molecule has 0 saturated heterocycles. The highest BCUT2D eigenvalue weighted by Crippen LogP contribution is 2.35. The fourth-order valence-corrected chi connectivity index (χ4v) is 2.28. The molecule has 110 valence electrons. The highest BCUT2D eigenvalue weighted by molar-refractivity contribution is 6.44. The summed E-state index contributed by atoms with van der Waals surface area (Å²) in [6.07, 6.45) is 0. The highest BCUT2D eigenvalue weighted by atomic mass is 35.5. The summed E-state index contributed by atoms with van der Waals surface area (Å²) in [6, 6.07) is 7.89. The third-order valence-electron chi connectivity index (χ3n) is 2.75. The first-order chi connectivity index (χ1) is 9.92. The Morgan fingerprint density at radius 3 is 2.33 bits per heavy atom. The number of nitrogens with one attached hydrogen (secondary N) is 1. The quantitative estimate of drug-likeness (QED) is 0.478. The minimum Gasteiger partial charge on any atom is -0.465 e. The van der Waals surface area contributed by atoms with E-state index >= 15 is 0 Å². The van der Waals surface area contributed by atoms with E-state index in [0.717, 1.165) is 0 Å². The van der Waals surface area contributed by atoms with Gasteiger partial charge in [-0.3, -0.25) is 0 Å². The van der Waals surface area contributed by atoms with Crippen molar-refractivity contribution in [2.45, 2.75) is 0 Å². The number of anilines is 3. The molecule has 0 aliphatic carbocycles. The predicted molar refractivity (Wildman–Crippen MR) is 86.9 cm³/mol. The Morgan fingerprint density at radius 2 is 1.71 bits per heavy atom. The summed E-state index contributed by atoms with van der Waals surface area (Å²) in [4.78, 5) is 11.4. The molecule has 0 heterocycles. The van der Waals surface area contributed by atoms with Crippen molar-refractivity contribution in [3.05, 3.63) is 51.0 Å². The normalized spacial score (nSPS) is 10.3. The summed E-state index contributed by atoms with van der Waals surface area (Å²) < 4.78 is 4.63. The molecule has 21 heavy (non-hydrogen) atoms. The number of nitrogens with two attached hydrogens (primary N) is 1. The average molecular weight is 346 g/mol. The van der Waals surface area contributed by atoms with Crippen LogP contribution >= 0.6 is 34.8 Å². The van der Waals surface area contributed by atoms with Gasteiger partial charge in [0.1, 0.15) is 0 Å². The van der Waals surface area contributed by atoms with Crippen LogP contribution in [0.15, 0.2) is 30.3 Å². The molecule has 2 aromatic rings. The largest absolute Gasteiger partial charge is 0.465 e. The Hall–Kier alpha value is -1.62. The van der Waals surface area contributed by atoms with E-state index in [2.05, 4.69) is 10.1 Å². The van der Waals surface area contributed by atoms with Crippen molar-refractivity contribution >= 4 is 57.8 Å². The van der Waals surface area contributed by atoms with Crippen LogP contribution in [0.25, 0.3) is 0 Å². The number of halogens is 3. The smallest absolute Gasteiger partial charge is 0.337 e. The van der Waals surface area contributed by atoms with E-state index in [0.29, 0.717) is 37.7 Å². The Balaban J connectivity index is 2.32. The number of carbonyl (C=O) groups is 1. The van der Waals surface area contributed by atoms with Gasteiger partial charge in [-0.15, -0.1) is 0 Å². The zero-order valence-electron chi connectivity index (χ0n) is 10.9. The number of nitrogen functional groups attached to an aromatic ring is 1. The predicted octanol–water partition coefficient (Wildman–Crippen LogP) is 4.76. The third-order valence-corrected chi connectivity index (χ3v) is 3.79. The topological polar surface area (TPSA) is 64.3 Å². The first-order valence-corrected chi connectivity index (χ1v) is 6.95. The minimum atomic E-state index is -0.458. The van der Waals surface area contributed by atoms with Crippen molar-refractivity contribution in [3.8, 4) is 0 Å². The van der Waals surface area contributed by atoms with Gasteiger partial charge in [-0.1, -0.05) is 34.8 Å². The van der Waals surface area contributed by atoms with Crippen molar-refractivity contribution in [1.29, 1.82) is 0 Å². The number of hydrogen-bond donors (Lipinski definition) is 2. The molecule has 2 rings (SSSR count). The lowest BCUT2D eigenvalue weighted by molar-refractivity contribution is 0.0601. The summed E-state index contributed by atoms with van der Waals surface area (Å²) in [6.45, 7) is 0. The number of ether oxygens (including phenoxy) is 1. The Bertz CT molecular complexity index is 705. The van der Waals surface area contributed by atoms with E-state index in [1.807, 2.05) is 0 Å². The van der Waals surface area contributed by atoms with Crippen molar-refractivity contribution in [2.75, 3.05) is 18.2 Å². The number of methoxy groups -OCH3 is 1. The molecular formula is C14H11Cl3N2O2. The number of rotatable bonds is 3. The van der Waals surface area contributed by atoms with Crippen LogP contribution in [-0.2, 0) is 4.74 Å². The molecule has 0 atom stereocenters. The standard InChI is InChI=1S/C14H11Cl3N2O2/c1-21-14(20)7-2-3-12(11(18)4-7)19-13-6-9(16)8(15)5-10(13)17/h2-6,19H,18H2,1H3. The summed E-state index contributed by atoms with van der Waals surface area (Å²) in [7, 11) is 1.31. The van der Waals surface area contributed by atoms with Crippen LogP contribution in [0.1, 0.15) is 10.4 Å². The first-order valence-electron chi connectivity index (χ1n) is 5.81. The molecule has 2 aromatic carbocycles. The van der Waals surface area contributed by atoms with Crippen LogP contribution in [0.2, 0.25) is 15.1 Å². The molecule has 0 spiro atoms. The fraction of sp³-hybridized carbons (Fsp3) is 0.0714. The fourth-order valence-electron chi connectivity index (χ4n) is 1.68. The molecule has 0 aromatic heterocycles. The average Bonchev–Trinajstić information content (AvgIpc) is 2.45. The van der Waals surface area contributed by atoms with Crippen LogP contribution in [0.3, 0.4) is 0 Å². The van der Waals surface area contributed by atoms with Gasteiger partial charge in [0, 0.05) is 0 Å². The van der Waals surface area contributed by atoms with Gasteiger partial charge < -0.3 is 15.8 Å². The first kappa shape index (κ1) is 15.8. The molecule has 0 aliphatic rings. The highest BCUT2D eigenvalue weighted by Gasteiger charge is 2.11. The second-order valence-electron chi connectivity index (χ2n) is 4.16. The second kappa shape index (κ2) is 6.43. The Labute approximate surface area is 136 Å². The third kappa shape index (κ3) is 3.53. The van der Waals surface area contributed by atoms with E-state index in [9.17, 15) is 4.79 Å². The molecule has 0 amide bonds. The molecule has 0 unspecified atom stereocenters. The van der Waals surface area contributed by atoms with Crippen LogP contribution < -0.4 is 11.1 Å². The summed E-state index contributed by atoms with van der Waals surface area (Å²) in [5, 5.41) is 4.18. The van der Waals surface area contributed by atoms with Gasteiger partial charge in [-0.2, -0.15) is 0 Å². The van der Waals surface area contributed by atoms with Gasteiger partial charge in [0.15, 0.2) is 0 Å². The zero-order chi connectivity index (χ0) is 15.6. The summed E-state index contributed by atoms with van der Waals surface area (Å²) in [5.74, 6) is -0.458. The van der Waals surface area contributed by atoms with Crippen LogP contribution in [0.5, 0.6) is 0 Å². The van der Waals surface area contributed by atoms with E-state index in [1.165, 1.54) is 19.2 Å². The van der Waals surface area contributed by atoms with Gasteiger partial charge in [-0.25, -0.2) is 4.79 Å². The van der Waals surface area contributed by atoms with Gasteiger partial charge in [0.2, 0.25) is 0 Å². The molecule has 0 aliphatic heterocycles. The van der Waals surface area contributed by atoms with Crippen LogP contribution in [0.4, 0.5) is 17.1 Å². The SMILES string of the molecule is COC(=O)c1ccc(Nc2cc(Cl)c(Cl)cc2Cl)c(N)c1. The lowest BCUT2D eigenvalue weighted by Gasteiger charge is -2.12. The van der Waals surface area contributed by atoms with Gasteiger partial charge in [-0.05, 0) is 30.3 Å². The Morgan fingerprint density at radius 1 is 1.05 bits per heavy atom. The number of benzene rings is 2. The number of hydrogen-bond acceptors (Lipinski definition) is 4. The van der Waals surface area contributed by atoms with Crippen LogP contribution in [0, 0.1) is 0 Å². The van der Waals surface area contributed by atoms with Crippen molar-refractivity contribution in [3.63, 3.8) is 0 Å². The molecule has 4 nitrogen and oxygen atoms in total. The van der Waals surface area contributed by atoms with Gasteiger partial charge >= 0.3 is 5.97 Å². The molecule has 0 fully saturated rings. The van der Waals surface area contributed by atoms with Crippen molar-refractivity contribution in [2.24, 2.45) is 0 Å². The monoisotopic (exact) mass is 344 g/mol. The molecular weight excluding hydrogens is 335 g/mol. The molecule has 0 saturated carbocycles. The lowest BCUT2D eigenvalue weighted by atomic mass is 10.1. The number of esters is 1. The van der Waals surface area contributed by atoms with E-state index < -0.39 is 5.97 Å². The van der Waals surface area contributed by atoms with Gasteiger partial charge in [0.05, 0.1) is 44.8 Å². The van der Waals surface area contributed by atoms with Crippen molar-refractivity contribution in [1.82, 2.24) is 0 Å². The zero-order valence-corrected chi connectivity index (χ0v) is 13.2. The number of carbonyl (C=O) groups excluding carboxylic acids is 1. The molecule has 0 bridgehead atoms. The summed E-state index contributed by atoms with van der Waals surface area (Å²) >= 11 is 17.9. The summed E-state index contributed by atoms with van der Waals surface area (Å²) in [5.41, 5.74) is 7.79. The minimum absolute atomic E-state index is 0.362. The molecule has 0 radical (unpaired) electrons. The van der Waals surface area contributed by atoms with Crippen LogP contribution in [-0.4, -0.2) is 13.1 Å². The van der Waals surface area contributed by atoms with E-state index in [4.69, 9.17) is 40.5 Å². The molecule has 7 heteroatoms. The van der Waals surface area contributed by atoms with E-state index in [-0.39, 0.29) is 0 Å². The lowest BCUT2D eigenvalue weighted by Crippen LogP contribution is -2.04. The second-order valence-corrected chi connectivity index (χ2v) is 5.39.